The lowest BCUT2D eigenvalue weighted by molar-refractivity contribution is -0.139. The zero-order chi connectivity index (χ0) is 20.0. The van der Waals surface area contributed by atoms with E-state index in [9.17, 15) is 9.18 Å². The summed E-state index contributed by atoms with van der Waals surface area (Å²) in [7, 11) is 1.50. The second kappa shape index (κ2) is 9.63. The highest BCUT2D eigenvalue weighted by atomic mass is 35.5. The highest BCUT2D eigenvalue weighted by molar-refractivity contribution is 6.31. The van der Waals surface area contributed by atoms with Crippen LogP contribution in [0.3, 0.4) is 0 Å². The van der Waals surface area contributed by atoms with Crippen molar-refractivity contribution in [3.63, 3.8) is 0 Å². The average molecular weight is 393 g/mol. The first-order valence-electron chi connectivity index (χ1n) is 8.70. The summed E-state index contributed by atoms with van der Waals surface area (Å²) in [4.78, 5) is 20.9. The maximum Gasteiger partial charge on any atom is 0.336 e. The second-order valence-electron chi connectivity index (χ2n) is 6.25. The predicted molar refractivity (Wildman–Crippen MR) is 102 cm³/mol. The number of benzene rings is 1. The molecule has 0 fully saturated rings. The molecule has 7 heteroatoms. The van der Waals surface area contributed by atoms with Crippen LogP contribution in [0.1, 0.15) is 38.2 Å². The molecule has 2 unspecified atom stereocenters. The normalized spacial score (nSPS) is 19.5. The summed E-state index contributed by atoms with van der Waals surface area (Å²) in [5.74, 6) is -1.74. The molecule has 0 amide bonds. The Hall–Kier alpha value is -2.23. The van der Waals surface area contributed by atoms with Gasteiger partial charge >= 0.3 is 5.97 Å². The molecule has 0 radical (unpaired) electrons. The van der Waals surface area contributed by atoms with Gasteiger partial charge in [-0.3, -0.25) is 4.99 Å². The van der Waals surface area contributed by atoms with Crippen molar-refractivity contribution in [3.8, 4) is 0 Å². The van der Waals surface area contributed by atoms with E-state index in [1.54, 1.807) is 6.92 Å². The van der Waals surface area contributed by atoms with Crippen LogP contribution in [0.2, 0.25) is 5.02 Å². The van der Waals surface area contributed by atoms with Crippen LogP contribution in [0.25, 0.3) is 4.85 Å². The van der Waals surface area contributed by atoms with Gasteiger partial charge in [0, 0.05) is 12.1 Å². The Labute approximate surface area is 163 Å². The van der Waals surface area contributed by atoms with Gasteiger partial charge in [-0.25, -0.2) is 15.8 Å². The zero-order valence-electron chi connectivity index (χ0n) is 15.6. The topological polar surface area (TPSA) is 52.2 Å². The average Bonchev–Trinajstić information content (AvgIpc) is 2.62. The molecule has 0 spiro atoms. The molecule has 1 aliphatic rings. The van der Waals surface area contributed by atoms with Crippen molar-refractivity contribution >= 4 is 23.3 Å². The third-order valence-corrected chi connectivity index (χ3v) is 4.67. The number of unbranched alkanes of at least 4 members (excludes halogenated alkanes) is 1. The Morgan fingerprint density at radius 1 is 1.44 bits per heavy atom. The number of nitrogens with zero attached hydrogens (tertiary/aromatic N) is 2. The quantitative estimate of drug-likeness (QED) is 0.388. The Morgan fingerprint density at radius 2 is 2.19 bits per heavy atom. The number of ether oxygens (including phenoxy) is 2. The fourth-order valence-electron chi connectivity index (χ4n) is 3.04. The third kappa shape index (κ3) is 4.74. The third-order valence-electron chi connectivity index (χ3n) is 4.35. The van der Waals surface area contributed by atoms with Crippen LogP contribution < -0.4 is 0 Å². The number of rotatable bonds is 7. The molecule has 1 aromatic rings. The Balaban J connectivity index is 2.60. The Kier molecular flexibility index (Phi) is 7.52. The van der Waals surface area contributed by atoms with E-state index in [0.29, 0.717) is 17.0 Å². The van der Waals surface area contributed by atoms with E-state index >= 15 is 0 Å². The number of esters is 1. The maximum atomic E-state index is 13.5. The molecule has 144 valence electrons. The van der Waals surface area contributed by atoms with E-state index in [2.05, 4.69) is 9.84 Å². The summed E-state index contributed by atoms with van der Waals surface area (Å²) in [6.07, 6.45) is 1.61. The molecule has 27 heavy (non-hydrogen) atoms. The van der Waals surface area contributed by atoms with Crippen molar-refractivity contribution in [2.45, 2.75) is 38.6 Å². The predicted octanol–water partition coefficient (Wildman–Crippen LogP) is 4.57. The number of hydrogen-bond donors (Lipinski definition) is 0. The minimum Gasteiger partial charge on any atom is -0.462 e. The van der Waals surface area contributed by atoms with Crippen LogP contribution in [0.4, 0.5) is 4.39 Å². The molecule has 0 saturated heterocycles. The lowest BCUT2D eigenvalue weighted by atomic mass is 9.80. The molecular weight excluding hydrogens is 371 g/mol. The summed E-state index contributed by atoms with van der Waals surface area (Å²) in [5, 5.41) is 0.152. The van der Waals surface area contributed by atoms with Crippen LogP contribution in [0.15, 0.2) is 34.5 Å². The number of halogens is 2. The van der Waals surface area contributed by atoms with Crippen molar-refractivity contribution in [2.75, 3.05) is 20.3 Å². The molecule has 0 aliphatic carbocycles. The zero-order valence-corrected chi connectivity index (χ0v) is 16.3. The Morgan fingerprint density at radius 3 is 2.78 bits per heavy atom. The molecule has 5 nitrogen and oxygen atoms in total. The molecular formula is C20H22ClFN2O3. The summed E-state index contributed by atoms with van der Waals surface area (Å²) in [6, 6.07) is 3.21. The van der Waals surface area contributed by atoms with Crippen LogP contribution in [0.5, 0.6) is 0 Å². The summed E-state index contributed by atoms with van der Waals surface area (Å²) >= 11 is 6.27. The number of hydrogen-bond acceptors (Lipinski definition) is 4. The first-order chi connectivity index (χ1) is 12.9. The number of methoxy groups -OCH3 is 1. The smallest absolute Gasteiger partial charge is 0.336 e. The molecule has 0 N–H and O–H groups in total. The van der Waals surface area contributed by atoms with Gasteiger partial charge in [0.15, 0.2) is 0 Å². The first kappa shape index (κ1) is 21.1. The van der Waals surface area contributed by atoms with Crippen LogP contribution in [0, 0.1) is 12.4 Å². The van der Waals surface area contributed by atoms with Crippen molar-refractivity contribution in [2.24, 2.45) is 4.99 Å². The van der Waals surface area contributed by atoms with Gasteiger partial charge in [-0.1, -0.05) is 31.0 Å². The highest BCUT2D eigenvalue weighted by Gasteiger charge is 2.43. The van der Waals surface area contributed by atoms with E-state index in [1.165, 1.54) is 25.3 Å². The highest BCUT2D eigenvalue weighted by Crippen LogP contribution is 2.40. The molecule has 0 saturated carbocycles. The van der Waals surface area contributed by atoms with Gasteiger partial charge in [0.05, 0.1) is 30.2 Å². The fourth-order valence-corrected chi connectivity index (χ4v) is 3.33. The van der Waals surface area contributed by atoms with Gasteiger partial charge < -0.3 is 14.3 Å². The van der Waals surface area contributed by atoms with Gasteiger partial charge in [0.25, 0.3) is 6.04 Å². The largest absolute Gasteiger partial charge is 0.462 e. The molecule has 0 aromatic heterocycles. The number of carbonyl (C=O) groups excluding carboxylic acids is 1. The van der Waals surface area contributed by atoms with E-state index in [4.69, 9.17) is 27.6 Å². The summed E-state index contributed by atoms with van der Waals surface area (Å²) < 4.78 is 24.1. The van der Waals surface area contributed by atoms with Crippen LogP contribution in [-0.2, 0) is 14.3 Å². The minimum atomic E-state index is -0.734. The van der Waals surface area contributed by atoms with E-state index in [1.807, 2.05) is 6.92 Å². The first-order valence-corrected chi connectivity index (χ1v) is 9.08. The molecule has 2 atom stereocenters. The van der Waals surface area contributed by atoms with Gasteiger partial charge in [-0.15, -0.1) is 0 Å². The monoisotopic (exact) mass is 392 g/mol. The molecule has 1 heterocycles. The van der Waals surface area contributed by atoms with Gasteiger partial charge in [-0.2, -0.15) is 0 Å². The number of carbonyl (C=O) groups is 1. The lowest BCUT2D eigenvalue weighted by Crippen LogP contribution is -2.33. The molecule has 1 aliphatic heterocycles. The van der Waals surface area contributed by atoms with E-state index in [0.717, 1.165) is 12.8 Å². The van der Waals surface area contributed by atoms with Gasteiger partial charge in [0.1, 0.15) is 11.7 Å². The van der Waals surface area contributed by atoms with Gasteiger partial charge in [-0.05, 0) is 31.0 Å². The van der Waals surface area contributed by atoms with Gasteiger partial charge in [0.2, 0.25) is 0 Å². The minimum absolute atomic E-state index is 0.0928. The summed E-state index contributed by atoms with van der Waals surface area (Å²) in [6.45, 7) is 11.7. The van der Waals surface area contributed by atoms with Crippen molar-refractivity contribution in [3.05, 3.63) is 57.3 Å². The number of aliphatic imine (C=N–C) groups is 1. The van der Waals surface area contributed by atoms with E-state index in [-0.39, 0.29) is 23.8 Å². The maximum absolute atomic E-state index is 13.5. The van der Waals surface area contributed by atoms with Crippen molar-refractivity contribution in [1.82, 2.24) is 0 Å². The van der Waals surface area contributed by atoms with E-state index < -0.39 is 23.7 Å². The molecule has 2 rings (SSSR count). The standard InChI is InChI=1S/C20H22ClFN2O3/c1-5-6-9-27-20(25)18-16(11-26-4)24-12(2)19(23-3)17(18)14-8-7-13(22)10-15(14)21/h7-8,10,17,19H,5-6,9,11H2,1-2,4H3. The SMILES string of the molecule is [C-]#[N+]C1C(C)=NC(COC)=C(C(=O)OCCCC)C1c1ccc(F)cc1Cl. The summed E-state index contributed by atoms with van der Waals surface area (Å²) in [5.41, 5.74) is 1.69. The lowest BCUT2D eigenvalue weighted by Gasteiger charge is -2.27. The molecule has 1 aromatic carbocycles. The van der Waals surface area contributed by atoms with Crippen LogP contribution >= 0.6 is 11.6 Å². The Bertz CT molecular complexity index is 814. The molecule has 0 bridgehead atoms. The second-order valence-corrected chi connectivity index (χ2v) is 6.66. The fraction of sp³-hybridized carbons (Fsp3) is 0.450. The van der Waals surface area contributed by atoms with Crippen LogP contribution in [-0.4, -0.2) is 38.0 Å². The van der Waals surface area contributed by atoms with Crippen molar-refractivity contribution < 1.29 is 18.7 Å². The van der Waals surface area contributed by atoms with Crippen molar-refractivity contribution in [1.29, 1.82) is 0 Å².